The number of nitrogens with one attached hydrogen (secondary N) is 1. The molecule has 0 aliphatic heterocycles. The number of fused-ring (bicyclic) bond motifs is 1. The third-order valence-corrected chi connectivity index (χ3v) is 6.28. The molecule has 0 spiro atoms. The van der Waals surface area contributed by atoms with Gasteiger partial charge in [0.15, 0.2) is 0 Å². The molecule has 2 aromatic heterocycles. The van der Waals surface area contributed by atoms with Gasteiger partial charge in [-0.25, -0.2) is 0 Å². The van der Waals surface area contributed by atoms with Crippen LogP contribution in [0.25, 0.3) is 20.9 Å². The Bertz CT molecular complexity index is 1220. The number of nitro groups is 1. The highest BCUT2D eigenvalue weighted by Gasteiger charge is 2.18. The van der Waals surface area contributed by atoms with Crippen molar-refractivity contribution in [3.63, 3.8) is 0 Å². The van der Waals surface area contributed by atoms with Crippen molar-refractivity contribution >= 4 is 62.1 Å². The van der Waals surface area contributed by atoms with Gasteiger partial charge in [-0.15, -0.1) is 21.5 Å². The van der Waals surface area contributed by atoms with E-state index in [1.807, 2.05) is 24.3 Å². The Morgan fingerprint density at radius 2 is 2.07 bits per heavy atom. The number of benzene rings is 2. The lowest BCUT2D eigenvalue weighted by Gasteiger charge is -2.03. The number of halogens is 1. The molecule has 146 valence electrons. The summed E-state index contributed by atoms with van der Waals surface area (Å²) in [6, 6.07) is 13.4. The van der Waals surface area contributed by atoms with E-state index in [9.17, 15) is 14.9 Å². The molecule has 0 atom stereocenters. The van der Waals surface area contributed by atoms with Crippen LogP contribution in [-0.2, 0) is 4.79 Å². The number of hydrogen-bond donors (Lipinski definition) is 1. The molecule has 0 bridgehead atoms. The summed E-state index contributed by atoms with van der Waals surface area (Å²) in [6.07, 6.45) is 0. The van der Waals surface area contributed by atoms with Crippen LogP contribution in [0.2, 0.25) is 5.02 Å². The summed E-state index contributed by atoms with van der Waals surface area (Å²) in [6.45, 7) is 0. The van der Waals surface area contributed by atoms with E-state index >= 15 is 0 Å². The minimum atomic E-state index is -0.524. The number of carbonyl (C=O) groups is 1. The zero-order valence-electron chi connectivity index (χ0n) is 14.5. The van der Waals surface area contributed by atoms with Crippen LogP contribution >= 0.6 is 34.7 Å². The second kappa shape index (κ2) is 8.19. The number of amides is 1. The van der Waals surface area contributed by atoms with Gasteiger partial charge < -0.3 is 9.73 Å². The Morgan fingerprint density at radius 1 is 1.24 bits per heavy atom. The molecule has 1 amide bonds. The lowest BCUT2D eigenvalue weighted by atomic mass is 10.2. The van der Waals surface area contributed by atoms with Crippen molar-refractivity contribution in [3.05, 3.63) is 63.7 Å². The zero-order valence-corrected chi connectivity index (χ0v) is 16.9. The Morgan fingerprint density at radius 3 is 2.86 bits per heavy atom. The zero-order chi connectivity index (χ0) is 20.4. The quantitative estimate of drug-likeness (QED) is 0.245. The van der Waals surface area contributed by atoms with Crippen molar-refractivity contribution in [3.8, 4) is 10.8 Å². The van der Waals surface area contributed by atoms with Crippen molar-refractivity contribution in [2.24, 2.45) is 0 Å². The van der Waals surface area contributed by atoms with E-state index in [1.165, 1.54) is 29.5 Å². The molecule has 0 fully saturated rings. The first-order chi connectivity index (χ1) is 14.0. The van der Waals surface area contributed by atoms with E-state index in [1.54, 1.807) is 6.07 Å². The summed E-state index contributed by atoms with van der Waals surface area (Å²) in [5.74, 6) is -0.0577. The van der Waals surface area contributed by atoms with Gasteiger partial charge in [0.25, 0.3) is 16.8 Å². The van der Waals surface area contributed by atoms with Gasteiger partial charge in [0.05, 0.1) is 15.7 Å². The number of carbonyl (C=O) groups excluding carboxylic acids is 1. The number of non-ortho nitro benzene ring substituents is 1. The monoisotopic (exact) mass is 446 g/mol. The van der Waals surface area contributed by atoms with Gasteiger partial charge in [-0.3, -0.25) is 14.9 Å². The second-order valence-corrected chi connectivity index (χ2v) is 8.12. The third kappa shape index (κ3) is 4.24. The molecule has 2 aromatic carbocycles. The maximum atomic E-state index is 12.1. The molecule has 0 unspecified atom stereocenters. The van der Waals surface area contributed by atoms with Crippen LogP contribution < -0.4 is 5.32 Å². The van der Waals surface area contributed by atoms with E-state index in [0.29, 0.717) is 15.6 Å². The molecule has 0 saturated carbocycles. The fourth-order valence-electron chi connectivity index (χ4n) is 2.53. The van der Waals surface area contributed by atoms with Gasteiger partial charge >= 0.3 is 0 Å². The van der Waals surface area contributed by atoms with E-state index in [-0.39, 0.29) is 28.5 Å². The SMILES string of the molecule is O=C(CSc1nnc(-c2sc3ccccc3c2Cl)o1)Nc1cccc([N+](=O)[O-])c1. The molecule has 0 aliphatic rings. The van der Waals surface area contributed by atoms with Crippen LogP contribution in [-0.4, -0.2) is 26.8 Å². The normalized spacial score (nSPS) is 10.9. The lowest BCUT2D eigenvalue weighted by Crippen LogP contribution is -2.14. The molecule has 2 heterocycles. The predicted octanol–water partition coefficient (Wildman–Crippen LogP) is 5.24. The summed E-state index contributed by atoms with van der Waals surface area (Å²) in [5.41, 5.74) is 0.241. The van der Waals surface area contributed by atoms with Crippen LogP contribution in [0.5, 0.6) is 0 Å². The minimum Gasteiger partial charge on any atom is -0.410 e. The van der Waals surface area contributed by atoms with E-state index < -0.39 is 4.92 Å². The molecular weight excluding hydrogens is 436 g/mol. The third-order valence-electron chi connectivity index (χ3n) is 3.80. The van der Waals surface area contributed by atoms with Crippen molar-refractivity contribution in [1.29, 1.82) is 0 Å². The standard InChI is InChI=1S/C18H11ClN4O4S2/c19-15-12-6-1-2-7-13(12)29-16(15)17-21-22-18(27-17)28-9-14(24)20-10-4-3-5-11(8-10)23(25)26/h1-8H,9H2,(H,20,24). The molecular formula is C18H11ClN4O4S2. The summed E-state index contributed by atoms with van der Waals surface area (Å²) in [4.78, 5) is 23.1. The number of nitrogens with zero attached hydrogens (tertiary/aromatic N) is 3. The van der Waals surface area contributed by atoms with Gasteiger partial charge in [-0.2, -0.15) is 0 Å². The smallest absolute Gasteiger partial charge is 0.277 e. The molecule has 4 rings (SSSR count). The highest BCUT2D eigenvalue weighted by Crippen LogP contribution is 2.41. The first-order valence-corrected chi connectivity index (χ1v) is 10.4. The average Bonchev–Trinajstić information content (AvgIpc) is 3.31. The Balaban J connectivity index is 1.41. The number of aromatic nitrogens is 2. The maximum absolute atomic E-state index is 12.1. The topological polar surface area (TPSA) is 111 Å². The first-order valence-electron chi connectivity index (χ1n) is 8.19. The van der Waals surface area contributed by atoms with Crippen LogP contribution in [0.3, 0.4) is 0 Å². The number of hydrogen-bond acceptors (Lipinski definition) is 8. The number of rotatable bonds is 6. The Hall–Kier alpha value is -2.95. The number of anilines is 1. The number of thioether (sulfide) groups is 1. The highest BCUT2D eigenvalue weighted by atomic mass is 35.5. The van der Waals surface area contributed by atoms with E-state index in [4.69, 9.17) is 16.0 Å². The van der Waals surface area contributed by atoms with Crippen molar-refractivity contribution in [2.75, 3.05) is 11.1 Å². The molecule has 11 heteroatoms. The van der Waals surface area contributed by atoms with E-state index in [0.717, 1.165) is 21.8 Å². The van der Waals surface area contributed by atoms with E-state index in [2.05, 4.69) is 15.5 Å². The molecule has 0 saturated heterocycles. The largest absolute Gasteiger partial charge is 0.410 e. The molecule has 4 aromatic rings. The molecule has 0 radical (unpaired) electrons. The van der Waals surface area contributed by atoms with Gasteiger partial charge in [0, 0.05) is 27.9 Å². The average molecular weight is 447 g/mol. The van der Waals surface area contributed by atoms with Crippen LogP contribution in [0, 0.1) is 10.1 Å². The second-order valence-electron chi connectivity index (χ2n) is 5.76. The molecule has 0 aliphatic carbocycles. The predicted molar refractivity (Wildman–Crippen MR) is 113 cm³/mol. The minimum absolute atomic E-state index is 0.00444. The van der Waals surface area contributed by atoms with Gasteiger partial charge in [0.2, 0.25) is 5.91 Å². The fourth-order valence-corrected chi connectivity index (χ4v) is 4.53. The molecule has 8 nitrogen and oxygen atoms in total. The van der Waals surface area contributed by atoms with Gasteiger partial charge in [0.1, 0.15) is 4.88 Å². The number of nitro benzene ring substituents is 1. The summed E-state index contributed by atoms with van der Waals surface area (Å²) < 4.78 is 6.64. The van der Waals surface area contributed by atoms with Crippen LogP contribution in [0.15, 0.2) is 58.2 Å². The van der Waals surface area contributed by atoms with Crippen LogP contribution in [0.4, 0.5) is 11.4 Å². The number of thiophene rings is 1. The van der Waals surface area contributed by atoms with Crippen LogP contribution in [0.1, 0.15) is 0 Å². The lowest BCUT2D eigenvalue weighted by molar-refractivity contribution is -0.384. The highest BCUT2D eigenvalue weighted by molar-refractivity contribution is 7.99. The van der Waals surface area contributed by atoms with Gasteiger partial charge in [-0.05, 0) is 12.1 Å². The summed E-state index contributed by atoms with van der Waals surface area (Å²) >= 11 is 8.93. The Kier molecular flexibility index (Phi) is 5.47. The molecule has 29 heavy (non-hydrogen) atoms. The fraction of sp³-hybridized carbons (Fsp3) is 0.0556. The Labute approximate surface area is 177 Å². The van der Waals surface area contributed by atoms with Gasteiger partial charge in [-0.1, -0.05) is 47.6 Å². The van der Waals surface area contributed by atoms with Crippen molar-refractivity contribution < 1.29 is 14.1 Å². The van der Waals surface area contributed by atoms with Crippen molar-refractivity contribution in [1.82, 2.24) is 10.2 Å². The summed E-state index contributed by atoms with van der Waals surface area (Å²) in [5, 5.41) is 23.1. The molecule has 1 N–H and O–H groups in total. The first kappa shape index (κ1) is 19.4. The summed E-state index contributed by atoms with van der Waals surface area (Å²) in [7, 11) is 0. The maximum Gasteiger partial charge on any atom is 0.277 e. The van der Waals surface area contributed by atoms with Crippen molar-refractivity contribution in [2.45, 2.75) is 5.22 Å².